The number of carbonyl (C=O) groups excluding carboxylic acids is 1. The maximum Gasteiger partial charge on any atom is 0.195 e. The van der Waals surface area contributed by atoms with Gasteiger partial charge in [-0.2, -0.15) is 5.10 Å². The first kappa shape index (κ1) is 17.5. The van der Waals surface area contributed by atoms with Crippen molar-refractivity contribution in [3.05, 3.63) is 99.8 Å². The number of thiophene rings is 1. The Morgan fingerprint density at radius 1 is 1.00 bits per heavy atom. The molecule has 0 saturated carbocycles. The molecule has 0 amide bonds. The molecule has 0 aliphatic carbocycles. The zero-order chi connectivity index (χ0) is 18.6. The van der Waals surface area contributed by atoms with Gasteiger partial charge in [0.2, 0.25) is 0 Å². The number of rotatable bonds is 5. The minimum absolute atomic E-state index is 0.0143. The lowest BCUT2D eigenvalue weighted by molar-refractivity contribution is 0.105. The van der Waals surface area contributed by atoms with E-state index < -0.39 is 0 Å². The van der Waals surface area contributed by atoms with Gasteiger partial charge in [0.15, 0.2) is 5.78 Å². The molecular formula is C22H15ClN2OS. The number of carbonyl (C=O) groups is 1. The first-order valence-corrected chi connectivity index (χ1v) is 9.63. The molecule has 2 heterocycles. The molecule has 27 heavy (non-hydrogen) atoms. The molecule has 0 fully saturated rings. The first-order chi connectivity index (χ1) is 13.2. The number of allylic oxidation sites excluding steroid dienone is 1. The van der Waals surface area contributed by atoms with Crippen LogP contribution in [0.2, 0.25) is 5.02 Å². The number of halogens is 1. The SMILES string of the molecule is O=C(/C=C/c1cn(-c2ccccc2)nc1-c1ccc(Cl)cc1)c1cccs1. The summed E-state index contributed by atoms with van der Waals surface area (Å²) in [5, 5.41) is 7.30. The summed E-state index contributed by atoms with van der Waals surface area (Å²) in [6.45, 7) is 0. The van der Waals surface area contributed by atoms with Crippen LogP contribution in [0.15, 0.2) is 84.4 Å². The van der Waals surface area contributed by atoms with Crippen molar-refractivity contribution in [1.82, 2.24) is 9.78 Å². The highest BCUT2D eigenvalue weighted by molar-refractivity contribution is 7.12. The van der Waals surface area contributed by atoms with E-state index in [0.29, 0.717) is 5.02 Å². The van der Waals surface area contributed by atoms with E-state index in [2.05, 4.69) is 0 Å². The number of aromatic nitrogens is 2. The molecule has 3 nitrogen and oxygen atoms in total. The Balaban J connectivity index is 1.75. The fourth-order valence-corrected chi connectivity index (χ4v) is 3.49. The Morgan fingerprint density at radius 2 is 1.78 bits per heavy atom. The largest absolute Gasteiger partial charge is 0.288 e. The maximum absolute atomic E-state index is 12.3. The van der Waals surface area contributed by atoms with Crippen LogP contribution in [0.1, 0.15) is 15.2 Å². The molecule has 0 spiro atoms. The summed E-state index contributed by atoms with van der Waals surface area (Å²) in [4.78, 5) is 13.0. The van der Waals surface area contributed by atoms with Crippen molar-refractivity contribution < 1.29 is 4.79 Å². The van der Waals surface area contributed by atoms with Gasteiger partial charge in [-0.25, -0.2) is 4.68 Å². The third kappa shape index (κ3) is 3.92. The topological polar surface area (TPSA) is 34.9 Å². The standard InChI is InChI=1S/C22H15ClN2OS/c23-18-11-8-16(9-12-18)22-17(10-13-20(26)21-7-4-14-27-21)15-25(24-22)19-5-2-1-3-6-19/h1-15H/b13-10+. The van der Waals surface area contributed by atoms with Crippen molar-refractivity contribution in [3.8, 4) is 16.9 Å². The van der Waals surface area contributed by atoms with Crippen molar-refractivity contribution in [1.29, 1.82) is 0 Å². The van der Waals surface area contributed by atoms with Crippen molar-refractivity contribution in [2.75, 3.05) is 0 Å². The van der Waals surface area contributed by atoms with Crippen molar-refractivity contribution in [3.63, 3.8) is 0 Å². The maximum atomic E-state index is 12.3. The second-order valence-corrected chi connectivity index (χ2v) is 7.28. The number of benzene rings is 2. The summed E-state index contributed by atoms with van der Waals surface area (Å²) in [5.41, 5.74) is 3.56. The van der Waals surface area contributed by atoms with Gasteiger partial charge in [-0.3, -0.25) is 4.79 Å². The van der Waals surface area contributed by atoms with Gasteiger partial charge in [0, 0.05) is 22.3 Å². The number of hydrogen-bond acceptors (Lipinski definition) is 3. The molecule has 2 aromatic heterocycles. The lowest BCUT2D eigenvalue weighted by Crippen LogP contribution is -1.93. The Morgan fingerprint density at radius 3 is 2.48 bits per heavy atom. The van der Waals surface area contributed by atoms with E-state index in [1.807, 2.05) is 89.1 Å². The molecule has 132 valence electrons. The monoisotopic (exact) mass is 390 g/mol. The molecule has 0 bridgehead atoms. The average Bonchev–Trinajstić information content (AvgIpc) is 3.38. The molecule has 0 aliphatic rings. The molecule has 0 N–H and O–H groups in total. The smallest absolute Gasteiger partial charge is 0.195 e. The van der Waals surface area contributed by atoms with E-state index in [-0.39, 0.29) is 5.78 Å². The normalized spacial score (nSPS) is 11.1. The van der Waals surface area contributed by atoms with E-state index in [4.69, 9.17) is 16.7 Å². The highest BCUT2D eigenvalue weighted by Crippen LogP contribution is 2.26. The summed E-state index contributed by atoms with van der Waals surface area (Å²) in [6, 6.07) is 21.1. The van der Waals surface area contributed by atoms with Crippen LogP contribution >= 0.6 is 22.9 Å². The Bertz CT molecular complexity index is 1080. The summed E-state index contributed by atoms with van der Waals surface area (Å²) in [5.74, 6) is -0.0143. The highest BCUT2D eigenvalue weighted by Gasteiger charge is 2.11. The van der Waals surface area contributed by atoms with Crippen molar-refractivity contribution in [2.24, 2.45) is 0 Å². The van der Waals surface area contributed by atoms with Crippen molar-refractivity contribution >= 4 is 34.8 Å². The third-order valence-electron chi connectivity index (χ3n) is 4.06. The van der Waals surface area contributed by atoms with Gasteiger partial charge in [-0.15, -0.1) is 11.3 Å². The third-order valence-corrected chi connectivity index (χ3v) is 5.20. The van der Waals surface area contributed by atoms with Crippen LogP contribution in [0.25, 0.3) is 23.0 Å². The predicted octanol–water partition coefficient (Wildman–Crippen LogP) is 6.15. The van der Waals surface area contributed by atoms with Crippen LogP contribution in [0, 0.1) is 0 Å². The summed E-state index contributed by atoms with van der Waals surface area (Å²) < 4.78 is 1.82. The average molecular weight is 391 g/mol. The second-order valence-electron chi connectivity index (χ2n) is 5.89. The van der Waals surface area contributed by atoms with Gasteiger partial charge in [-0.05, 0) is 47.9 Å². The molecular weight excluding hydrogens is 376 g/mol. The highest BCUT2D eigenvalue weighted by atomic mass is 35.5. The lowest BCUT2D eigenvalue weighted by atomic mass is 10.1. The second kappa shape index (κ2) is 7.74. The number of hydrogen-bond donors (Lipinski definition) is 0. The van der Waals surface area contributed by atoms with Gasteiger partial charge in [0.25, 0.3) is 0 Å². The zero-order valence-corrected chi connectivity index (χ0v) is 15.8. The fourth-order valence-electron chi connectivity index (χ4n) is 2.72. The summed E-state index contributed by atoms with van der Waals surface area (Å²) >= 11 is 7.45. The molecule has 4 rings (SSSR count). The Hall–Kier alpha value is -2.95. The van der Waals surface area contributed by atoms with Crippen LogP contribution < -0.4 is 0 Å². The minimum atomic E-state index is -0.0143. The molecule has 5 heteroatoms. The molecule has 0 saturated heterocycles. The van der Waals surface area contributed by atoms with E-state index in [0.717, 1.165) is 27.4 Å². The van der Waals surface area contributed by atoms with Gasteiger partial charge in [-0.1, -0.05) is 48.0 Å². The van der Waals surface area contributed by atoms with Crippen LogP contribution in [0.4, 0.5) is 0 Å². The van der Waals surface area contributed by atoms with Crippen LogP contribution in [0.3, 0.4) is 0 Å². The molecule has 0 unspecified atom stereocenters. The minimum Gasteiger partial charge on any atom is -0.288 e. The van der Waals surface area contributed by atoms with Gasteiger partial charge < -0.3 is 0 Å². The van der Waals surface area contributed by atoms with Crippen molar-refractivity contribution in [2.45, 2.75) is 0 Å². The number of para-hydroxylation sites is 1. The zero-order valence-electron chi connectivity index (χ0n) is 14.2. The summed E-state index contributed by atoms with van der Waals surface area (Å²) in [6.07, 6.45) is 5.34. The van der Waals surface area contributed by atoms with Gasteiger partial charge >= 0.3 is 0 Å². The number of nitrogens with zero attached hydrogens (tertiary/aromatic N) is 2. The molecule has 0 atom stereocenters. The van der Waals surface area contributed by atoms with Crippen LogP contribution in [0.5, 0.6) is 0 Å². The van der Waals surface area contributed by atoms with E-state index in [1.54, 1.807) is 6.08 Å². The van der Waals surface area contributed by atoms with Crippen LogP contribution in [-0.2, 0) is 0 Å². The quantitative estimate of drug-likeness (QED) is 0.302. The predicted molar refractivity (Wildman–Crippen MR) is 112 cm³/mol. The first-order valence-electron chi connectivity index (χ1n) is 8.38. The van der Waals surface area contributed by atoms with Gasteiger partial charge in [0.05, 0.1) is 16.3 Å². The Labute approximate surface area is 166 Å². The molecule has 2 aromatic carbocycles. The van der Waals surface area contributed by atoms with E-state index in [9.17, 15) is 4.79 Å². The number of ketones is 1. The van der Waals surface area contributed by atoms with E-state index in [1.165, 1.54) is 11.3 Å². The Kier molecular flexibility index (Phi) is 5.01. The van der Waals surface area contributed by atoms with Crippen LogP contribution in [-0.4, -0.2) is 15.6 Å². The van der Waals surface area contributed by atoms with Gasteiger partial charge in [0.1, 0.15) is 0 Å². The summed E-state index contributed by atoms with van der Waals surface area (Å²) in [7, 11) is 0. The van der Waals surface area contributed by atoms with E-state index >= 15 is 0 Å². The molecule has 0 radical (unpaired) electrons. The lowest BCUT2D eigenvalue weighted by Gasteiger charge is -2.00. The molecule has 4 aromatic rings. The molecule has 0 aliphatic heterocycles. The fraction of sp³-hybridized carbons (Fsp3) is 0.